The summed E-state index contributed by atoms with van der Waals surface area (Å²) in [6.07, 6.45) is 1.71. The zero-order chi connectivity index (χ0) is 14.7. The molecule has 3 N–H and O–H groups in total. The van der Waals surface area contributed by atoms with Crippen LogP contribution in [-0.4, -0.2) is 32.3 Å². The van der Waals surface area contributed by atoms with Gasteiger partial charge in [0.25, 0.3) is 5.91 Å². The van der Waals surface area contributed by atoms with Gasteiger partial charge >= 0.3 is 0 Å². The van der Waals surface area contributed by atoms with Crippen LogP contribution in [0, 0.1) is 6.92 Å². The molecule has 1 aromatic heterocycles. The van der Waals surface area contributed by atoms with E-state index < -0.39 is 17.7 Å². The molecule has 1 amide bonds. The van der Waals surface area contributed by atoms with E-state index in [1.165, 1.54) is 11.8 Å². The summed E-state index contributed by atoms with van der Waals surface area (Å²) in [5.74, 6) is -1.40. The Morgan fingerprint density at radius 2 is 1.90 bits per heavy atom. The first kappa shape index (κ1) is 14.1. The van der Waals surface area contributed by atoms with Crippen LogP contribution in [0.15, 0.2) is 29.4 Å². The molecule has 1 aromatic carbocycles. The average Bonchev–Trinajstić information content (AvgIpc) is 2.42. The average molecular weight is 291 g/mol. The van der Waals surface area contributed by atoms with E-state index in [1.807, 2.05) is 13.0 Å². The number of aryl methyl sites for hydroxylation is 1. The van der Waals surface area contributed by atoms with Crippen molar-refractivity contribution >= 4 is 23.4 Å². The Kier molecular flexibility index (Phi) is 4.09. The molecule has 7 heteroatoms. The fourth-order valence-electron chi connectivity index (χ4n) is 1.59. The minimum atomic E-state index is -0.470. The fourth-order valence-corrected chi connectivity index (χ4v) is 1.95. The van der Waals surface area contributed by atoms with Crippen LogP contribution >= 0.6 is 11.8 Å². The lowest BCUT2D eigenvalue weighted by Crippen LogP contribution is -2.13. The molecule has 0 bridgehead atoms. The molecule has 20 heavy (non-hydrogen) atoms. The number of nitrogens with one attached hydrogen (secondary N) is 1. The predicted octanol–water partition coefficient (Wildman–Crippen LogP) is 2.17. The Morgan fingerprint density at radius 3 is 2.45 bits per heavy atom. The molecule has 0 spiro atoms. The fraction of sp³-hybridized carbons (Fsp3) is 0.154. The van der Waals surface area contributed by atoms with Gasteiger partial charge in [-0.25, -0.2) is 0 Å². The normalized spacial score (nSPS) is 10.3. The van der Waals surface area contributed by atoms with Crippen LogP contribution in [0.1, 0.15) is 15.9 Å². The summed E-state index contributed by atoms with van der Waals surface area (Å²) in [6.45, 7) is 1.86. The van der Waals surface area contributed by atoms with E-state index in [2.05, 4.69) is 15.3 Å². The van der Waals surface area contributed by atoms with E-state index >= 15 is 0 Å². The number of benzene rings is 1. The van der Waals surface area contributed by atoms with Crippen LogP contribution in [0.4, 0.5) is 5.69 Å². The second-order valence-corrected chi connectivity index (χ2v) is 4.83. The molecule has 104 valence electrons. The van der Waals surface area contributed by atoms with Gasteiger partial charge in [0.2, 0.25) is 11.8 Å². The van der Waals surface area contributed by atoms with Crippen LogP contribution < -0.4 is 5.32 Å². The van der Waals surface area contributed by atoms with Crippen LogP contribution in [-0.2, 0) is 0 Å². The number of hydrogen-bond donors (Lipinski definition) is 3. The number of nitrogens with zero attached hydrogens (tertiary/aromatic N) is 2. The third kappa shape index (κ3) is 3.00. The molecule has 1 heterocycles. The monoisotopic (exact) mass is 291 g/mol. The van der Waals surface area contributed by atoms with E-state index in [-0.39, 0.29) is 10.8 Å². The van der Waals surface area contributed by atoms with E-state index in [9.17, 15) is 15.0 Å². The van der Waals surface area contributed by atoms with Gasteiger partial charge in [-0.3, -0.25) is 4.79 Å². The van der Waals surface area contributed by atoms with Crippen molar-refractivity contribution in [3.05, 3.63) is 35.4 Å². The smallest absolute Gasteiger partial charge is 0.255 e. The highest BCUT2D eigenvalue weighted by Gasteiger charge is 2.16. The summed E-state index contributed by atoms with van der Waals surface area (Å²) in [7, 11) is 0. The van der Waals surface area contributed by atoms with Gasteiger partial charge in [-0.15, -0.1) is 0 Å². The van der Waals surface area contributed by atoms with E-state index in [1.54, 1.807) is 24.5 Å². The Morgan fingerprint density at radius 1 is 1.25 bits per heavy atom. The minimum Gasteiger partial charge on any atom is -0.492 e. The summed E-state index contributed by atoms with van der Waals surface area (Å²) in [4.78, 5) is 19.5. The standard InChI is InChI=1S/C13H13N3O3S/c1-7-4-3-5-8(6-7)10(17)14-9-11(18)15-13(20-2)16-12(9)19/h3-6H,1-2H3,(H,14,17)(H2,15,16,18,19). The lowest BCUT2D eigenvalue weighted by molar-refractivity contribution is 0.102. The van der Waals surface area contributed by atoms with Crippen LogP contribution in [0.25, 0.3) is 0 Å². The molecule has 0 unspecified atom stereocenters. The van der Waals surface area contributed by atoms with Crippen molar-refractivity contribution in [1.29, 1.82) is 0 Å². The predicted molar refractivity (Wildman–Crippen MR) is 76.3 cm³/mol. The first-order valence-electron chi connectivity index (χ1n) is 5.73. The van der Waals surface area contributed by atoms with Crippen molar-refractivity contribution < 1.29 is 15.0 Å². The van der Waals surface area contributed by atoms with Crippen molar-refractivity contribution in [3.63, 3.8) is 0 Å². The Hall–Kier alpha value is -2.28. The Bertz CT molecular complexity index is 638. The largest absolute Gasteiger partial charge is 0.492 e. The maximum absolute atomic E-state index is 12.0. The molecule has 2 aromatic rings. The van der Waals surface area contributed by atoms with Gasteiger partial charge in [0, 0.05) is 5.56 Å². The summed E-state index contributed by atoms with van der Waals surface area (Å²) in [6, 6.07) is 6.94. The van der Waals surface area contributed by atoms with Crippen molar-refractivity contribution in [3.8, 4) is 11.8 Å². The molecule has 0 saturated carbocycles. The molecule has 0 aliphatic carbocycles. The number of rotatable bonds is 3. The summed E-state index contributed by atoms with van der Waals surface area (Å²) in [5.41, 5.74) is 1.15. The maximum atomic E-state index is 12.0. The second-order valence-electron chi connectivity index (χ2n) is 4.06. The van der Waals surface area contributed by atoms with Crippen LogP contribution in [0.5, 0.6) is 11.8 Å². The Labute approximate surface area is 119 Å². The van der Waals surface area contributed by atoms with Crippen molar-refractivity contribution in [2.75, 3.05) is 11.6 Å². The number of carbonyl (C=O) groups excluding carboxylic acids is 1. The van der Waals surface area contributed by atoms with Gasteiger partial charge < -0.3 is 15.5 Å². The highest BCUT2D eigenvalue weighted by molar-refractivity contribution is 7.98. The van der Waals surface area contributed by atoms with Gasteiger partial charge in [0.05, 0.1) is 0 Å². The zero-order valence-electron chi connectivity index (χ0n) is 10.9. The third-order valence-corrected chi connectivity index (χ3v) is 3.10. The molecular formula is C13H13N3O3S. The number of hydrogen-bond acceptors (Lipinski definition) is 6. The minimum absolute atomic E-state index is 0.200. The van der Waals surface area contributed by atoms with Crippen LogP contribution in [0.2, 0.25) is 0 Å². The number of anilines is 1. The molecule has 0 saturated heterocycles. The number of thioether (sulfide) groups is 1. The number of aromatic nitrogens is 2. The van der Waals surface area contributed by atoms with E-state index in [4.69, 9.17) is 0 Å². The second kappa shape index (κ2) is 5.79. The summed E-state index contributed by atoms with van der Waals surface area (Å²) in [5, 5.41) is 22.0. The number of amides is 1. The third-order valence-electron chi connectivity index (χ3n) is 2.55. The topological polar surface area (TPSA) is 95.3 Å². The highest BCUT2D eigenvalue weighted by atomic mass is 32.2. The molecule has 0 fully saturated rings. The molecule has 0 radical (unpaired) electrons. The quantitative estimate of drug-likeness (QED) is 0.592. The Balaban J connectivity index is 2.28. The lowest BCUT2D eigenvalue weighted by atomic mass is 10.1. The zero-order valence-corrected chi connectivity index (χ0v) is 11.7. The SMILES string of the molecule is CSc1nc(O)c(NC(=O)c2cccc(C)c2)c(O)n1. The van der Waals surface area contributed by atoms with Gasteiger partial charge in [0.15, 0.2) is 10.8 Å². The lowest BCUT2D eigenvalue weighted by Gasteiger charge is -2.09. The van der Waals surface area contributed by atoms with Gasteiger partial charge in [-0.2, -0.15) is 9.97 Å². The van der Waals surface area contributed by atoms with Crippen LogP contribution in [0.3, 0.4) is 0 Å². The van der Waals surface area contributed by atoms with E-state index in [0.29, 0.717) is 5.56 Å². The molecule has 2 rings (SSSR count). The van der Waals surface area contributed by atoms with Crippen molar-refractivity contribution in [1.82, 2.24) is 9.97 Å². The molecule has 0 atom stereocenters. The maximum Gasteiger partial charge on any atom is 0.255 e. The van der Waals surface area contributed by atoms with Gasteiger partial charge in [-0.1, -0.05) is 29.5 Å². The van der Waals surface area contributed by atoms with Gasteiger partial charge in [0.1, 0.15) is 0 Å². The first-order valence-corrected chi connectivity index (χ1v) is 6.95. The number of carbonyl (C=O) groups is 1. The number of aromatic hydroxyl groups is 2. The molecule has 0 aliphatic heterocycles. The molecule has 6 nitrogen and oxygen atoms in total. The van der Waals surface area contributed by atoms with Crippen molar-refractivity contribution in [2.24, 2.45) is 0 Å². The molecular weight excluding hydrogens is 278 g/mol. The summed E-state index contributed by atoms with van der Waals surface area (Å²) >= 11 is 1.17. The van der Waals surface area contributed by atoms with E-state index in [0.717, 1.165) is 5.56 Å². The van der Waals surface area contributed by atoms with Gasteiger partial charge in [-0.05, 0) is 25.3 Å². The van der Waals surface area contributed by atoms with Crippen molar-refractivity contribution in [2.45, 2.75) is 12.1 Å². The first-order chi connectivity index (χ1) is 9.51. The molecule has 0 aliphatic rings. The highest BCUT2D eigenvalue weighted by Crippen LogP contribution is 2.31. The summed E-state index contributed by atoms with van der Waals surface area (Å²) < 4.78 is 0.